The number of benzene rings is 1. The summed E-state index contributed by atoms with van der Waals surface area (Å²) in [6.45, 7) is 7.86. The predicted octanol–water partition coefficient (Wildman–Crippen LogP) is 3.46. The molecule has 1 aliphatic heterocycles. The van der Waals surface area contributed by atoms with Crippen molar-refractivity contribution >= 4 is 23.4 Å². The lowest BCUT2D eigenvalue weighted by molar-refractivity contribution is 0.634. The standard InChI is InChI=1S/C21H25N7/c1-16(2)17-6-3-4-7-18(17)25-20-22-11-8-19(26-20)27-12-14-28(15-13-27)21-23-9-5-10-24-21/h3-11,16H,12-15H2,1-2H3,(H,22,25,26). The molecule has 1 saturated heterocycles. The second-order valence-corrected chi connectivity index (χ2v) is 7.13. The zero-order chi connectivity index (χ0) is 19.3. The summed E-state index contributed by atoms with van der Waals surface area (Å²) in [5, 5.41) is 3.39. The van der Waals surface area contributed by atoms with Crippen LogP contribution in [-0.2, 0) is 0 Å². The molecule has 7 nitrogen and oxygen atoms in total. The van der Waals surface area contributed by atoms with Crippen LogP contribution in [0.1, 0.15) is 25.3 Å². The van der Waals surface area contributed by atoms with Crippen molar-refractivity contribution in [2.45, 2.75) is 19.8 Å². The fourth-order valence-corrected chi connectivity index (χ4v) is 3.41. The van der Waals surface area contributed by atoms with Crippen molar-refractivity contribution in [2.75, 3.05) is 41.3 Å². The van der Waals surface area contributed by atoms with Gasteiger partial charge in [-0.15, -0.1) is 0 Å². The maximum absolute atomic E-state index is 4.74. The minimum Gasteiger partial charge on any atom is -0.353 e. The van der Waals surface area contributed by atoms with Gasteiger partial charge >= 0.3 is 0 Å². The number of hydrogen-bond acceptors (Lipinski definition) is 7. The van der Waals surface area contributed by atoms with E-state index in [1.165, 1.54) is 5.56 Å². The number of hydrogen-bond donors (Lipinski definition) is 1. The van der Waals surface area contributed by atoms with E-state index in [9.17, 15) is 0 Å². The van der Waals surface area contributed by atoms with Crippen molar-refractivity contribution in [3.63, 3.8) is 0 Å². The molecule has 2 aromatic heterocycles. The van der Waals surface area contributed by atoms with E-state index in [1.54, 1.807) is 12.4 Å². The first-order valence-corrected chi connectivity index (χ1v) is 9.66. The monoisotopic (exact) mass is 375 g/mol. The smallest absolute Gasteiger partial charge is 0.229 e. The third kappa shape index (κ3) is 4.03. The Morgan fingerprint density at radius 1 is 0.821 bits per heavy atom. The Morgan fingerprint density at radius 3 is 2.29 bits per heavy atom. The minimum atomic E-state index is 0.431. The van der Waals surface area contributed by atoms with Crippen molar-refractivity contribution in [3.8, 4) is 0 Å². The first-order valence-electron chi connectivity index (χ1n) is 9.66. The second kappa shape index (κ2) is 8.21. The van der Waals surface area contributed by atoms with Gasteiger partial charge in [0.15, 0.2) is 0 Å². The minimum absolute atomic E-state index is 0.431. The first kappa shape index (κ1) is 18.2. The van der Waals surface area contributed by atoms with Gasteiger partial charge in [0, 0.05) is 50.5 Å². The Bertz CT molecular complexity index is 905. The lowest BCUT2D eigenvalue weighted by Gasteiger charge is -2.35. The highest BCUT2D eigenvalue weighted by Crippen LogP contribution is 2.26. The van der Waals surface area contributed by atoms with Crippen molar-refractivity contribution in [1.29, 1.82) is 0 Å². The molecule has 0 aliphatic carbocycles. The average Bonchev–Trinajstić information content (AvgIpc) is 2.75. The lowest BCUT2D eigenvalue weighted by Crippen LogP contribution is -2.47. The molecule has 144 valence electrons. The van der Waals surface area contributed by atoms with Crippen molar-refractivity contribution < 1.29 is 0 Å². The third-order valence-corrected chi connectivity index (χ3v) is 4.91. The van der Waals surface area contributed by atoms with Crippen LogP contribution in [-0.4, -0.2) is 46.1 Å². The van der Waals surface area contributed by atoms with E-state index < -0.39 is 0 Å². The van der Waals surface area contributed by atoms with Crippen LogP contribution in [0.25, 0.3) is 0 Å². The van der Waals surface area contributed by atoms with Gasteiger partial charge in [-0.3, -0.25) is 0 Å². The number of nitrogens with one attached hydrogen (secondary N) is 1. The highest BCUT2D eigenvalue weighted by Gasteiger charge is 2.20. The van der Waals surface area contributed by atoms with Gasteiger partial charge in [-0.05, 0) is 29.7 Å². The van der Waals surface area contributed by atoms with Gasteiger partial charge in [0.1, 0.15) is 5.82 Å². The van der Waals surface area contributed by atoms with E-state index in [2.05, 4.69) is 62.1 Å². The Kier molecular flexibility index (Phi) is 5.32. The summed E-state index contributed by atoms with van der Waals surface area (Å²) in [6.07, 6.45) is 5.38. The molecule has 0 spiro atoms. The maximum Gasteiger partial charge on any atom is 0.229 e. The molecule has 0 radical (unpaired) electrons. The van der Waals surface area contributed by atoms with Gasteiger partial charge in [0.05, 0.1) is 0 Å². The van der Waals surface area contributed by atoms with Gasteiger partial charge in [0.2, 0.25) is 11.9 Å². The Morgan fingerprint density at radius 2 is 1.54 bits per heavy atom. The van der Waals surface area contributed by atoms with Crippen molar-refractivity contribution in [1.82, 2.24) is 19.9 Å². The normalized spacial score (nSPS) is 14.4. The largest absolute Gasteiger partial charge is 0.353 e. The Hall–Kier alpha value is -3.22. The van der Waals surface area contributed by atoms with Crippen LogP contribution < -0.4 is 15.1 Å². The number of nitrogens with zero attached hydrogens (tertiary/aromatic N) is 6. The molecular formula is C21H25N7. The highest BCUT2D eigenvalue weighted by atomic mass is 15.3. The first-order chi connectivity index (χ1) is 13.7. The molecule has 1 N–H and O–H groups in total. The summed E-state index contributed by atoms with van der Waals surface area (Å²) in [6, 6.07) is 12.1. The molecule has 0 amide bonds. The summed E-state index contributed by atoms with van der Waals surface area (Å²) in [4.78, 5) is 22.3. The Labute approximate surface area is 165 Å². The molecule has 0 atom stereocenters. The molecule has 1 fully saturated rings. The number of aromatic nitrogens is 4. The van der Waals surface area contributed by atoms with Crippen LogP contribution in [0.15, 0.2) is 55.0 Å². The van der Waals surface area contributed by atoms with Crippen molar-refractivity contribution in [2.24, 2.45) is 0 Å². The number of rotatable bonds is 5. The molecule has 3 heterocycles. The molecule has 0 bridgehead atoms. The van der Waals surface area contributed by atoms with Crippen molar-refractivity contribution in [3.05, 3.63) is 60.6 Å². The topological polar surface area (TPSA) is 70.1 Å². The molecule has 7 heteroatoms. The van der Waals surface area contributed by atoms with E-state index in [4.69, 9.17) is 4.98 Å². The molecular weight excluding hydrogens is 350 g/mol. The van der Waals surface area contributed by atoms with Gasteiger partial charge in [0.25, 0.3) is 0 Å². The van der Waals surface area contributed by atoms with Crippen LogP contribution in [0.4, 0.5) is 23.4 Å². The van der Waals surface area contributed by atoms with Crippen LogP contribution in [0.2, 0.25) is 0 Å². The number of piperazine rings is 1. The van der Waals surface area contributed by atoms with Gasteiger partial charge in [-0.2, -0.15) is 4.98 Å². The van der Waals surface area contributed by atoms with E-state index in [-0.39, 0.29) is 0 Å². The summed E-state index contributed by atoms with van der Waals surface area (Å²) < 4.78 is 0. The van der Waals surface area contributed by atoms with E-state index in [0.717, 1.165) is 43.6 Å². The fourth-order valence-electron chi connectivity index (χ4n) is 3.41. The van der Waals surface area contributed by atoms with Crippen LogP contribution in [0.3, 0.4) is 0 Å². The fraction of sp³-hybridized carbons (Fsp3) is 0.333. The molecule has 3 aromatic rings. The highest BCUT2D eigenvalue weighted by molar-refractivity contribution is 5.60. The summed E-state index contributed by atoms with van der Waals surface area (Å²) >= 11 is 0. The van der Waals surface area contributed by atoms with Crippen LogP contribution in [0, 0.1) is 0 Å². The summed E-state index contributed by atoms with van der Waals surface area (Å²) in [5.41, 5.74) is 2.31. The molecule has 28 heavy (non-hydrogen) atoms. The third-order valence-electron chi connectivity index (χ3n) is 4.91. The maximum atomic E-state index is 4.74. The van der Waals surface area contributed by atoms with Crippen LogP contribution >= 0.6 is 0 Å². The lowest BCUT2D eigenvalue weighted by atomic mass is 10.0. The molecule has 1 aliphatic rings. The molecule has 0 unspecified atom stereocenters. The quantitative estimate of drug-likeness (QED) is 0.732. The summed E-state index contributed by atoms with van der Waals surface area (Å²) in [5.74, 6) is 2.78. The van der Waals surface area contributed by atoms with E-state index in [0.29, 0.717) is 11.9 Å². The second-order valence-electron chi connectivity index (χ2n) is 7.13. The van der Waals surface area contributed by atoms with Crippen LogP contribution in [0.5, 0.6) is 0 Å². The number of anilines is 4. The summed E-state index contributed by atoms with van der Waals surface area (Å²) in [7, 11) is 0. The molecule has 0 saturated carbocycles. The van der Waals surface area contributed by atoms with Gasteiger partial charge in [-0.1, -0.05) is 32.0 Å². The average molecular weight is 375 g/mol. The zero-order valence-corrected chi connectivity index (χ0v) is 16.3. The predicted molar refractivity (Wildman–Crippen MR) is 112 cm³/mol. The number of para-hydroxylation sites is 1. The zero-order valence-electron chi connectivity index (χ0n) is 16.3. The van der Waals surface area contributed by atoms with Gasteiger partial charge in [-0.25, -0.2) is 15.0 Å². The molecule has 4 rings (SSSR count). The Balaban J connectivity index is 1.45. The molecule has 1 aromatic carbocycles. The van der Waals surface area contributed by atoms with Gasteiger partial charge < -0.3 is 15.1 Å². The van der Waals surface area contributed by atoms with E-state index >= 15 is 0 Å². The SMILES string of the molecule is CC(C)c1ccccc1Nc1nccc(N2CCN(c3ncccn3)CC2)n1. The van der Waals surface area contributed by atoms with E-state index in [1.807, 2.05) is 24.4 Å².